The van der Waals surface area contributed by atoms with Gasteiger partial charge in [0.15, 0.2) is 0 Å². The van der Waals surface area contributed by atoms with E-state index in [4.69, 9.17) is 15.8 Å². The first kappa shape index (κ1) is 30.2. The van der Waals surface area contributed by atoms with Gasteiger partial charge in [0, 0.05) is 80.0 Å². The summed E-state index contributed by atoms with van der Waals surface area (Å²) < 4.78 is 11.1. The first-order chi connectivity index (χ1) is 21.0. The second-order valence-corrected chi connectivity index (χ2v) is 14.0. The molecule has 0 spiro atoms. The molecule has 0 bridgehead atoms. The Bertz CT molecular complexity index is 1530. The Labute approximate surface area is 261 Å². The van der Waals surface area contributed by atoms with E-state index in [2.05, 4.69) is 69.2 Å². The zero-order valence-corrected chi connectivity index (χ0v) is 27.0. The van der Waals surface area contributed by atoms with Gasteiger partial charge in [-0.1, -0.05) is 17.3 Å². The average Bonchev–Trinajstić information content (AvgIpc) is 3.70. The summed E-state index contributed by atoms with van der Waals surface area (Å²) in [6.45, 7) is 24.1. The topological polar surface area (TPSA) is 66.4 Å². The van der Waals surface area contributed by atoms with Crippen LogP contribution in [0.15, 0.2) is 47.0 Å². The minimum Gasteiger partial charge on any atom is -0.444 e. The minimum atomic E-state index is -0.466. The minimum absolute atomic E-state index is 0.197. The van der Waals surface area contributed by atoms with Gasteiger partial charge in [0.05, 0.1) is 5.69 Å². The lowest BCUT2D eigenvalue weighted by atomic mass is 9.92. The molecule has 3 aromatic rings. The van der Waals surface area contributed by atoms with Crippen LogP contribution >= 0.6 is 0 Å². The lowest BCUT2D eigenvalue weighted by Gasteiger charge is -2.48. The van der Waals surface area contributed by atoms with Crippen molar-refractivity contribution >= 4 is 17.5 Å². The maximum absolute atomic E-state index is 12.5. The van der Waals surface area contributed by atoms with Crippen LogP contribution in [0.3, 0.4) is 0 Å². The monoisotopic (exact) mass is 595 g/mol. The number of benzene rings is 2. The summed E-state index contributed by atoms with van der Waals surface area (Å²) in [4.78, 5) is 23.4. The predicted molar refractivity (Wildman–Crippen MR) is 173 cm³/mol. The van der Waals surface area contributed by atoms with Gasteiger partial charge in [-0.2, -0.15) is 0 Å². The number of piperidine rings is 1. The van der Waals surface area contributed by atoms with E-state index < -0.39 is 5.60 Å². The highest BCUT2D eigenvalue weighted by Gasteiger charge is 2.52. The summed E-state index contributed by atoms with van der Waals surface area (Å²) in [6.07, 6.45) is 3.67. The molecule has 1 amide bonds. The number of amides is 1. The number of carbonyl (C=O) groups is 1. The smallest absolute Gasteiger partial charge is 0.410 e. The summed E-state index contributed by atoms with van der Waals surface area (Å²) in [5, 5.41) is 4.20. The third-order valence-electron chi connectivity index (χ3n) is 9.53. The van der Waals surface area contributed by atoms with Crippen LogP contribution in [0.1, 0.15) is 69.0 Å². The zero-order chi connectivity index (χ0) is 31.2. The van der Waals surface area contributed by atoms with E-state index >= 15 is 0 Å². The zero-order valence-electron chi connectivity index (χ0n) is 27.0. The van der Waals surface area contributed by atoms with Crippen LogP contribution < -0.4 is 4.90 Å². The molecule has 44 heavy (non-hydrogen) atoms. The Morgan fingerprint density at radius 1 is 1.09 bits per heavy atom. The molecule has 6 rings (SSSR count). The van der Waals surface area contributed by atoms with Crippen molar-refractivity contribution in [3.8, 4) is 11.1 Å². The molecular formula is C36H45N5O3. The van der Waals surface area contributed by atoms with E-state index in [9.17, 15) is 4.79 Å². The van der Waals surface area contributed by atoms with E-state index in [1.807, 2.05) is 39.5 Å². The predicted octanol–water partition coefficient (Wildman–Crippen LogP) is 7.64. The lowest BCUT2D eigenvalue weighted by Crippen LogP contribution is -2.58. The molecule has 1 saturated carbocycles. The number of aromatic nitrogens is 1. The van der Waals surface area contributed by atoms with Crippen LogP contribution in [-0.4, -0.2) is 65.4 Å². The second kappa shape index (κ2) is 11.6. The van der Waals surface area contributed by atoms with Crippen molar-refractivity contribution in [1.29, 1.82) is 0 Å². The largest absolute Gasteiger partial charge is 0.444 e. The van der Waals surface area contributed by atoms with Crippen molar-refractivity contribution in [2.45, 2.75) is 84.4 Å². The van der Waals surface area contributed by atoms with Crippen molar-refractivity contribution in [3.63, 3.8) is 0 Å². The molecule has 0 atom stereocenters. The third kappa shape index (κ3) is 6.08. The Balaban J connectivity index is 1.18. The maximum Gasteiger partial charge on any atom is 0.410 e. The summed E-state index contributed by atoms with van der Waals surface area (Å²) >= 11 is 0. The molecule has 2 aromatic carbocycles. The molecule has 3 aliphatic rings. The van der Waals surface area contributed by atoms with Gasteiger partial charge in [0.1, 0.15) is 11.4 Å². The molecule has 2 aliphatic heterocycles. The molecule has 2 saturated heterocycles. The number of hydrogen-bond donors (Lipinski definition) is 0. The number of rotatable bonds is 7. The molecule has 1 aliphatic carbocycles. The van der Waals surface area contributed by atoms with Gasteiger partial charge < -0.3 is 23.9 Å². The summed E-state index contributed by atoms with van der Waals surface area (Å²) in [5.41, 5.74) is 6.97. The molecule has 1 aromatic heterocycles. The van der Waals surface area contributed by atoms with Crippen molar-refractivity contribution in [2.24, 2.45) is 5.92 Å². The van der Waals surface area contributed by atoms with Crippen molar-refractivity contribution < 1.29 is 14.1 Å². The average molecular weight is 596 g/mol. The number of likely N-dealkylation sites (tertiary alicyclic amines) is 2. The Hall–Kier alpha value is -3.83. The third-order valence-corrected chi connectivity index (χ3v) is 9.53. The molecule has 8 heteroatoms. The van der Waals surface area contributed by atoms with Crippen LogP contribution in [0.2, 0.25) is 0 Å². The van der Waals surface area contributed by atoms with Gasteiger partial charge in [-0.3, -0.25) is 4.90 Å². The molecule has 0 N–H and O–H groups in total. The van der Waals surface area contributed by atoms with Gasteiger partial charge in [-0.15, -0.1) is 0 Å². The highest BCUT2D eigenvalue weighted by molar-refractivity contribution is 5.76. The highest BCUT2D eigenvalue weighted by Crippen LogP contribution is 2.50. The summed E-state index contributed by atoms with van der Waals surface area (Å²) in [6, 6.07) is 15.9. The first-order valence-electron chi connectivity index (χ1n) is 16.0. The van der Waals surface area contributed by atoms with Crippen LogP contribution in [0, 0.1) is 33.3 Å². The van der Waals surface area contributed by atoms with Crippen molar-refractivity contribution in [2.75, 3.05) is 37.6 Å². The van der Waals surface area contributed by atoms with Gasteiger partial charge in [-0.25, -0.2) is 11.4 Å². The van der Waals surface area contributed by atoms with Gasteiger partial charge in [-0.05, 0) is 95.8 Å². The normalized spacial score (nSPS) is 18.9. The van der Waals surface area contributed by atoms with E-state index in [0.717, 1.165) is 92.2 Å². The number of hydrogen-bond acceptors (Lipinski definition) is 6. The standard InChI is InChI=1S/C36H45N5O3/c1-24-8-9-28(33-25(2)38-44-26(33)3)20-32(24)41(31-12-10-29(11-13-31)36(37-7)16-17-36)23-27-21-40(22-27)30-14-18-39(19-15-30)34(42)43-35(4,5)6/h8-13,20,27,30H,14-19,21-23H2,1-6H3. The van der Waals surface area contributed by atoms with E-state index in [-0.39, 0.29) is 11.6 Å². The van der Waals surface area contributed by atoms with Crippen LogP contribution in [0.5, 0.6) is 0 Å². The van der Waals surface area contributed by atoms with Gasteiger partial charge >= 0.3 is 6.09 Å². The SMILES string of the molecule is [C-]#[N+]C1(c2ccc(N(CC3CN(C4CCN(C(=O)OC(C)(C)C)CC4)C3)c3cc(-c4c(C)noc4C)ccc3C)cc2)CC1. The molecule has 0 unspecified atom stereocenters. The van der Waals surface area contributed by atoms with Crippen molar-refractivity contribution in [1.82, 2.24) is 15.0 Å². The van der Waals surface area contributed by atoms with Gasteiger partial charge in [0.25, 0.3) is 5.54 Å². The van der Waals surface area contributed by atoms with Crippen LogP contribution in [0.25, 0.3) is 16.0 Å². The quantitative estimate of drug-likeness (QED) is 0.262. The molecule has 3 heterocycles. The fraction of sp³-hybridized carbons (Fsp3) is 0.528. The summed E-state index contributed by atoms with van der Waals surface area (Å²) in [7, 11) is 0. The summed E-state index contributed by atoms with van der Waals surface area (Å²) in [5.74, 6) is 1.35. The number of anilines is 2. The molecule has 3 fully saturated rings. The van der Waals surface area contributed by atoms with Crippen molar-refractivity contribution in [3.05, 3.63) is 76.5 Å². The fourth-order valence-electron chi connectivity index (χ4n) is 6.85. The first-order valence-corrected chi connectivity index (χ1v) is 16.0. The Morgan fingerprint density at radius 2 is 1.77 bits per heavy atom. The lowest BCUT2D eigenvalue weighted by molar-refractivity contribution is -0.00120. The van der Waals surface area contributed by atoms with E-state index in [1.54, 1.807) is 0 Å². The highest BCUT2D eigenvalue weighted by atomic mass is 16.6. The number of ether oxygens (including phenoxy) is 1. The number of carbonyl (C=O) groups excluding carboxylic acids is 1. The Morgan fingerprint density at radius 3 is 2.34 bits per heavy atom. The number of nitrogens with zero attached hydrogens (tertiary/aromatic N) is 5. The Kier molecular flexibility index (Phi) is 7.96. The van der Waals surface area contributed by atoms with Crippen LogP contribution in [0.4, 0.5) is 16.2 Å². The fourth-order valence-corrected chi connectivity index (χ4v) is 6.85. The van der Waals surface area contributed by atoms with E-state index in [0.29, 0.717) is 12.0 Å². The number of aryl methyl sites for hydroxylation is 3. The van der Waals surface area contributed by atoms with E-state index in [1.165, 1.54) is 11.3 Å². The van der Waals surface area contributed by atoms with Gasteiger partial charge in [0.2, 0.25) is 0 Å². The molecule has 0 radical (unpaired) electrons. The van der Waals surface area contributed by atoms with Crippen LogP contribution in [-0.2, 0) is 10.3 Å². The molecule has 232 valence electrons. The molecule has 8 nitrogen and oxygen atoms in total. The molecular weight excluding hydrogens is 550 g/mol. The second-order valence-electron chi connectivity index (χ2n) is 14.0. The maximum atomic E-state index is 12.5.